The molecule has 0 amide bonds. The van der Waals surface area contributed by atoms with Crippen LogP contribution in [0.5, 0.6) is 5.75 Å². The molecule has 0 bridgehead atoms. The molecular formula is C15H11ClF4N2O4. The van der Waals surface area contributed by atoms with E-state index in [0.29, 0.717) is 0 Å². The summed E-state index contributed by atoms with van der Waals surface area (Å²) in [6.07, 6.45) is -4.94. The fourth-order valence-corrected chi connectivity index (χ4v) is 2.30. The molecule has 0 saturated heterocycles. The number of carbonyl (C=O) groups excluding carboxylic acids is 1. The van der Waals surface area contributed by atoms with Gasteiger partial charge in [-0.25, -0.2) is 13.8 Å². The molecule has 0 atom stereocenters. The van der Waals surface area contributed by atoms with Crippen LogP contribution in [0.3, 0.4) is 0 Å². The number of aromatic nitrogens is 2. The molecule has 0 N–H and O–H groups in total. The molecule has 0 saturated carbocycles. The number of benzene rings is 1. The van der Waals surface area contributed by atoms with E-state index in [9.17, 15) is 31.9 Å². The fourth-order valence-electron chi connectivity index (χ4n) is 2.10. The molecule has 0 unspecified atom stereocenters. The van der Waals surface area contributed by atoms with Crippen LogP contribution >= 0.6 is 11.6 Å². The van der Waals surface area contributed by atoms with Crippen LogP contribution in [0.4, 0.5) is 17.6 Å². The third-order valence-corrected chi connectivity index (χ3v) is 3.58. The minimum absolute atomic E-state index is 0.172. The van der Waals surface area contributed by atoms with Crippen molar-refractivity contribution in [3.8, 4) is 11.4 Å². The fraction of sp³-hybridized carbons (Fsp3) is 0.267. The first-order chi connectivity index (χ1) is 11.9. The van der Waals surface area contributed by atoms with Crippen LogP contribution < -0.4 is 16.0 Å². The topological polar surface area (TPSA) is 70.3 Å². The maximum atomic E-state index is 14.2. The number of hydrogen-bond donors (Lipinski definition) is 0. The number of ether oxygens (including phenoxy) is 1. The van der Waals surface area contributed by atoms with Crippen molar-refractivity contribution in [1.29, 1.82) is 0 Å². The van der Waals surface area contributed by atoms with Crippen molar-refractivity contribution in [2.45, 2.75) is 13.1 Å². The minimum Gasteiger partial charge on any atom is -0.484 e. The van der Waals surface area contributed by atoms with Gasteiger partial charge in [0.1, 0.15) is 23.9 Å². The predicted molar refractivity (Wildman–Crippen MR) is 83.4 cm³/mol. The highest BCUT2D eigenvalue weighted by Gasteiger charge is 2.35. The summed E-state index contributed by atoms with van der Waals surface area (Å²) in [4.78, 5) is 35.2. The van der Waals surface area contributed by atoms with E-state index < -0.39 is 41.2 Å². The molecule has 0 aliphatic carbocycles. The molecule has 2 aromatic rings. The molecule has 0 fully saturated rings. The number of ketones is 1. The predicted octanol–water partition coefficient (Wildman–Crippen LogP) is 2.32. The molecule has 1 aromatic carbocycles. The number of Topliss-reactive ketones (excluding diaryl/α,β-unsaturated/α-hetero) is 1. The van der Waals surface area contributed by atoms with Crippen molar-refractivity contribution < 1.29 is 27.1 Å². The molecule has 6 nitrogen and oxygen atoms in total. The number of halogens is 5. The summed E-state index contributed by atoms with van der Waals surface area (Å²) < 4.78 is 58.2. The van der Waals surface area contributed by atoms with Crippen molar-refractivity contribution >= 4 is 17.4 Å². The lowest BCUT2D eigenvalue weighted by Gasteiger charge is -2.15. The third kappa shape index (κ3) is 3.79. The van der Waals surface area contributed by atoms with Crippen LogP contribution in [0.2, 0.25) is 5.02 Å². The Bertz CT molecular complexity index is 995. The monoisotopic (exact) mass is 394 g/mol. The third-order valence-electron chi connectivity index (χ3n) is 3.28. The van der Waals surface area contributed by atoms with Gasteiger partial charge in [-0.05, 0) is 13.0 Å². The Morgan fingerprint density at radius 1 is 1.23 bits per heavy atom. The summed E-state index contributed by atoms with van der Waals surface area (Å²) >= 11 is 5.77. The number of hydrogen-bond acceptors (Lipinski definition) is 4. The summed E-state index contributed by atoms with van der Waals surface area (Å²) in [6.45, 7) is 0.805. The van der Waals surface area contributed by atoms with E-state index in [1.807, 2.05) is 0 Å². The normalized spacial score (nSPS) is 11.5. The van der Waals surface area contributed by atoms with Gasteiger partial charge in [0.2, 0.25) is 0 Å². The van der Waals surface area contributed by atoms with E-state index in [1.54, 1.807) is 0 Å². The van der Waals surface area contributed by atoms with Crippen molar-refractivity contribution in [3.05, 3.63) is 55.6 Å². The number of carbonyl (C=O) groups is 1. The highest BCUT2D eigenvalue weighted by Crippen LogP contribution is 2.30. The quantitative estimate of drug-likeness (QED) is 0.746. The van der Waals surface area contributed by atoms with Gasteiger partial charge < -0.3 is 4.74 Å². The Hall–Kier alpha value is -2.62. The first-order valence-corrected chi connectivity index (χ1v) is 7.33. The summed E-state index contributed by atoms with van der Waals surface area (Å²) in [6, 6.07) is 1.75. The zero-order valence-electron chi connectivity index (χ0n) is 13.4. The highest BCUT2D eigenvalue weighted by molar-refractivity contribution is 6.32. The first-order valence-electron chi connectivity index (χ1n) is 6.95. The number of alkyl halides is 3. The molecule has 0 radical (unpaired) electrons. The van der Waals surface area contributed by atoms with E-state index in [2.05, 4.69) is 0 Å². The summed E-state index contributed by atoms with van der Waals surface area (Å²) in [5, 5.41) is -0.246. The molecule has 0 aliphatic rings. The molecule has 2 rings (SSSR count). The molecular weight excluding hydrogens is 384 g/mol. The van der Waals surface area contributed by atoms with E-state index in [-0.39, 0.29) is 31.8 Å². The average Bonchev–Trinajstić information content (AvgIpc) is 2.50. The lowest BCUT2D eigenvalue weighted by Crippen LogP contribution is -2.41. The number of rotatable bonds is 4. The maximum absolute atomic E-state index is 14.2. The van der Waals surface area contributed by atoms with Gasteiger partial charge in [-0.1, -0.05) is 11.6 Å². The van der Waals surface area contributed by atoms with Gasteiger partial charge >= 0.3 is 11.9 Å². The van der Waals surface area contributed by atoms with Crippen molar-refractivity contribution in [2.75, 3.05) is 6.61 Å². The second-order valence-electron chi connectivity index (χ2n) is 5.27. The summed E-state index contributed by atoms with van der Waals surface area (Å²) in [7, 11) is 0.794. The van der Waals surface area contributed by atoms with Crippen LogP contribution in [-0.2, 0) is 18.0 Å². The molecule has 11 heteroatoms. The van der Waals surface area contributed by atoms with E-state index in [1.165, 1.54) is 6.92 Å². The van der Waals surface area contributed by atoms with Gasteiger partial charge in [-0.15, -0.1) is 0 Å². The molecule has 0 spiro atoms. The molecule has 1 aromatic heterocycles. The van der Waals surface area contributed by atoms with Crippen molar-refractivity contribution in [2.24, 2.45) is 7.05 Å². The summed E-state index contributed by atoms with van der Waals surface area (Å²) in [5.74, 6) is -1.73. The van der Waals surface area contributed by atoms with Crippen LogP contribution in [-0.4, -0.2) is 21.5 Å². The lowest BCUT2D eigenvalue weighted by molar-refractivity contribution is -0.144. The largest absolute Gasteiger partial charge is 0.484 e. The van der Waals surface area contributed by atoms with Crippen LogP contribution in [0.1, 0.15) is 12.6 Å². The second-order valence-corrected chi connectivity index (χ2v) is 5.67. The molecule has 26 heavy (non-hydrogen) atoms. The SMILES string of the molecule is CC(=O)COc1cc(-n2c(=O)cc(C(F)(F)F)n(C)c2=O)c(F)cc1Cl. The van der Waals surface area contributed by atoms with E-state index in [4.69, 9.17) is 16.3 Å². The Labute approximate surface area is 148 Å². The zero-order chi connectivity index (χ0) is 19.8. The molecule has 1 heterocycles. The van der Waals surface area contributed by atoms with Gasteiger partial charge in [0, 0.05) is 19.2 Å². The minimum atomic E-state index is -4.94. The summed E-state index contributed by atoms with van der Waals surface area (Å²) in [5.41, 5.74) is -4.94. The Kier molecular flexibility index (Phi) is 5.26. The Balaban J connectivity index is 2.71. The van der Waals surface area contributed by atoms with Gasteiger partial charge in [-0.2, -0.15) is 13.2 Å². The van der Waals surface area contributed by atoms with Gasteiger partial charge in [0.25, 0.3) is 5.56 Å². The standard InChI is InChI=1S/C15H11ClF4N2O4/c1-7(23)6-26-11-4-10(9(17)3-8(11)16)22-13(24)5-12(15(18,19)20)21(2)14(22)25/h3-5H,6H2,1-2H3. The van der Waals surface area contributed by atoms with Crippen molar-refractivity contribution in [3.63, 3.8) is 0 Å². The van der Waals surface area contributed by atoms with Gasteiger partial charge in [0.05, 0.1) is 10.7 Å². The lowest BCUT2D eigenvalue weighted by atomic mass is 10.2. The van der Waals surface area contributed by atoms with E-state index in [0.717, 1.165) is 19.2 Å². The van der Waals surface area contributed by atoms with E-state index >= 15 is 0 Å². The molecule has 0 aliphatic heterocycles. The van der Waals surface area contributed by atoms with Crippen molar-refractivity contribution in [1.82, 2.24) is 9.13 Å². The van der Waals surface area contributed by atoms with Gasteiger partial charge in [0.15, 0.2) is 5.78 Å². The van der Waals surface area contributed by atoms with Gasteiger partial charge in [-0.3, -0.25) is 14.2 Å². The van der Waals surface area contributed by atoms with Crippen LogP contribution in [0.15, 0.2) is 27.8 Å². The zero-order valence-corrected chi connectivity index (χ0v) is 14.1. The molecule has 140 valence electrons. The number of nitrogens with zero attached hydrogens (tertiary/aromatic N) is 2. The van der Waals surface area contributed by atoms with Crippen LogP contribution in [0.25, 0.3) is 5.69 Å². The average molecular weight is 395 g/mol. The Morgan fingerprint density at radius 2 is 1.85 bits per heavy atom. The van der Waals surface area contributed by atoms with Crippen LogP contribution in [0, 0.1) is 5.82 Å². The smallest absolute Gasteiger partial charge is 0.431 e. The maximum Gasteiger partial charge on any atom is 0.431 e. The Morgan fingerprint density at radius 3 is 2.38 bits per heavy atom. The first kappa shape index (κ1) is 19.7. The second kappa shape index (κ2) is 6.94. The highest BCUT2D eigenvalue weighted by atomic mass is 35.5.